The summed E-state index contributed by atoms with van der Waals surface area (Å²) in [5.41, 5.74) is 4.39. The van der Waals surface area contributed by atoms with Crippen LogP contribution in [0.2, 0.25) is 0 Å². The zero-order valence-electron chi connectivity index (χ0n) is 15.6. The summed E-state index contributed by atoms with van der Waals surface area (Å²) in [5, 5.41) is 3.54. The summed E-state index contributed by atoms with van der Waals surface area (Å²) in [6.45, 7) is 4.17. The molecule has 1 N–H and O–H groups in total. The second-order valence-electron chi connectivity index (χ2n) is 7.26. The first-order chi connectivity index (χ1) is 12.3. The number of hydrogen-bond donors (Lipinski definition) is 1. The molecule has 4 rings (SSSR count). The second-order valence-corrected chi connectivity index (χ2v) is 7.26. The van der Waals surface area contributed by atoms with Gasteiger partial charge in [-0.05, 0) is 48.8 Å². The minimum atomic E-state index is 0. The van der Waals surface area contributed by atoms with Crippen LogP contribution in [0.1, 0.15) is 36.0 Å². The number of aliphatic imine (C=N–C) groups is 1. The van der Waals surface area contributed by atoms with Crippen molar-refractivity contribution in [1.29, 1.82) is 0 Å². The van der Waals surface area contributed by atoms with Gasteiger partial charge in [-0.15, -0.1) is 24.0 Å². The van der Waals surface area contributed by atoms with E-state index in [2.05, 4.69) is 33.4 Å². The minimum absolute atomic E-state index is 0. The molecule has 2 aliphatic heterocycles. The van der Waals surface area contributed by atoms with Crippen LogP contribution in [0.4, 0.5) is 0 Å². The van der Waals surface area contributed by atoms with Gasteiger partial charge in [-0.25, -0.2) is 0 Å². The number of nitrogens with zero attached hydrogens (tertiary/aromatic N) is 2. The molecule has 2 atom stereocenters. The molecule has 0 radical (unpaired) electrons. The molecule has 1 aliphatic carbocycles. The molecule has 0 amide bonds. The molecular weight excluding hydrogens is 441 g/mol. The van der Waals surface area contributed by atoms with Gasteiger partial charge in [0.15, 0.2) is 5.96 Å². The standard InChI is InChI=1S/C20H29N3O2.HI/c1-21-20(22-13-15-7-8-16-4-2-5-17(16)12-15)23-9-11-25-19(14-23)18-6-3-10-24-18;/h7-8,12,18-19H,2-6,9-11,13-14H2,1H3,(H,21,22);1H. The summed E-state index contributed by atoms with van der Waals surface area (Å²) in [6, 6.07) is 6.90. The molecule has 5 nitrogen and oxygen atoms in total. The minimum Gasteiger partial charge on any atom is -0.375 e. The van der Waals surface area contributed by atoms with E-state index in [0.29, 0.717) is 0 Å². The molecular formula is C20H30IN3O2. The topological polar surface area (TPSA) is 46.1 Å². The summed E-state index contributed by atoms with van der Waals surface area (Å²) in [4.78, 5) is 6.80. The molecule has 0 spiro atoms. The summed E-state index contributed by atoms with van der Waals surface area (Å²) in [7, 11) is 1.86. The van der Waals surface area contributed by atoms with Crippen molar-refractivity contribution in [3.8, 4) is 0 Å². The highest BCUT2D eigenvalue weighted by atomic mass is 127. The highest BCUT2D eigenvalue weighted by Crippen LogP contribution is 2.23. The number of benzene rings is 1. The van der Waals surface area contributed by atoms with Gasteiger partial charge in [0.2, 0.25) is 0 Å². The van der Waals surface area contributed by atoms with E-state index in [1.807, 2.05) is 7.05 Å². The van der Waals surface area contributed by atoms with E-state index in [0.717, 1.165) is 51.6 Å². The number of hydrogen-bond acceptors (Lipinski definition) is 3. The number of halogens is 1. The predicted octanol–water partition coefficient (Wildman–Crippen LogP) is 2.75. The number of fused-ring (bicyclic) bond motifs is 1. The van der Waals surface area contributed by atoms with Crippen LogP contribution in [0.3, 0.4) is 0 Å². The number of aryl methyl sites for hydroxylation is 2. The highest BCUT2D eigenvalue weighted by molar-refractivity contribution is 14.0. The molecule has 0 aromatic heterocycles. The third-order valence-corrected chi connectivity index (χ3v) is 5.60. The molecule has 1 aromatic rings. The van der Waals surface area contributed by atoms with Crippen molar-refractivity contribution in [2.45, 2.75) is 50.9 Å². The van der Waals surface area contributed by atoms with Crippen LogP contribution in [0.5, 0.6) is 0 Å². The van der Waals surface area contributed by atoms with Crippen LogP contribution in [0, 0.1) is 0 Å². The van der Waals surface area contributed by atoms with Crippen LogP contribution < -0.4 is 5.32 Å². The van der Waals surface area contributed by atoms with E-state index in [-0.39, 0.29) is 36.2 Å². The van der Waals surface area contributed by atoms with Crippen molar-refractivity contribution in [1.82, 2.24) is 10.2 Å². The van der Waals surface area contributed by atoms with Gasteiger partial charge in [0.1, 0.15) is 6.10 Å². The van der Waals surface area contributed by atoms with Crippen LogP contribution in [0.15, 0.2) is 23.2 Å². The molecule has 2 unspecified atom stereocenters. The van der Waals surface area contributed by atoms with Gasteiger partial charge in [-0.1, -0.05) is 18.2 Å². The Balaban J connectivity index is 0.00000196. The number of guanidine groups is 1. The van der Waals surface area contributed by atoms with Crippen molar-refractivity contribution in [2.75, 3.05) is 33.4 Å². The van der Waals surface area contributed by atoms with Gasteiger partial charge >= 0.3 is 0 Å². The molecule has 2 fully saturated rings. The highest BCUT2D eigenvalue weighted by Gasteiger charge is 2.32. The number of ether oxygens (including phenoxy) is 2. The van der Waals surface area contributed by atoms with Crippen LogP contribution in [-0.2, 0) is 28.9 Å². The first-order valence-corrected chi connectivity index (χ1v) is 9.63. The van der Waals surface area contributed by atoms with Gasteiger partial charge in [0.25, 0.3) is 0 Å². The Bertz CT molecular complexity index is 631. The lowest BCUT2D eigenvalue weighted by molar-refractivity contribution is -0.0817. The van der Waals surface area contributed by atoms with Gasteiger partial charge in [-0.3, -0.25) is 4.99 Å². The number of nitrogens with one attached hydrogen (secondary N) is 1. The molecule has 1 aromatic carbocycles. The van der Waals surface area contributed by atoms with Crippen LogP contribution in [-0.4, -0.2) is 56.4 Å². The normalized spacial score (nSPS) is 25.7. The average Bonchev–Trinajstić information content (AvgIpc) is 3.34. The third kappa shape index (κ3) is 4.51. The molecule has 26 heavy (non-hydrogen) atoms. The van der Waals surface area contributed by atoms with Crippen molar-refractivity contribution in [3.05, 3.63) is 34.9 Å². The van der Waals surface area contributed by atoms with Gasteiger partial charge in [-0.2, -0.15) is 0 Å². The Morgan fingerprint density at radius 2 is 2.00 bits per heavy atom. The number of morpholine rings is 1. The first-order valence-electron chi connectivity index (χ1n) is 9.63. The van der Waals surface area contributed by atoms with Crippen LogP contribution >= 0.6 is 24.0 Å². The van der Waals surface area contributed by atoms with E-state index in [1.54, 1.807) is 0 Å². The maximum Gasteiger partial charge on any atom is 0.194 e. The van der Waals surface area contributed by atoms with Crippen molar-refractivity contribution < 1.29 is 9.47 Å². The van der Waals surface area contributed by atoms with Crippen molar-refractivity contribution in [2.24, 2.45) is 4.99 Å². The maximum absolute atomic E-state index is 5.95. The van der Waals surface area contributed by atoms with E-state index in [9.17, 15) is 0 Å². The van der Waals surface area contributed by atoms with Crippen LogP contribution in [0.25, 0.3) is 0 Å². The second kappa shape index (κ2) is 9.37. The van der Waals surface area contributed by atoms with Gasteiger partial charge in [0.05, 0.1) is 12.7 Å². The monoisotopic (exact) mass is 471 g/mol. The Morgan fingerprint density at radius 3 is 2.81 bits per heavy atom. The molecule has 6 heteroatoms. The maximum atomic E-state index is 5.95. The van der Waals surface area contributed by atoms with Crippen molar-refractivity contribution in [3.63, 3.8) is 0 Å². The molecule has 3 aliphatic rings. The molecule has 2 heterocycles. The van der Waals surface area contributed by atoms with E-state index >= 15 is 0 Å². The lowest BCUT2D eigenvalue weighted by Gasteiger charge is -2.37. The van der Waals surface area contributed by atoms with E-state index < -0.39 is 0 Å². The lowest BCUT2D eigenvalue weighted by Crippen LogP contribution is -2.53. The Morgan fingerprint density at radius 1 is 1.15 bits per heavy atom. The average molecular weight is 471 g/mol. The summed E-state index contributed by atoms with van der Waals surface area (Å²) >= 11 is 0. The van der Waals surface area contributed by atoms with Gasteiger partial charge in [0, 0.05) is 33.3 Å². The van der Waals surface area contributed by atoms with Crippen molar-refractivity contribution >= 4 is 29.9 Å². The zero-order valence-corrected chi connectivity index (χ0v) is 17.9. The molecule has 0 saturated carbocycles. The summed E-state index contributed by atoms with van der Waals surface area (Å²) < 4.78 is 11.8. The Kier molecular flexibility index (Phi) is 7.17. The fourth-order valence-electron chi connectivity index (χ4n) is 4.24. The Labute approximate surface area is 173 Å². The SMILES string of the molecule is CN=C(NCc1ccc2c(c1)CCC2)N1CCOC(C2CCCO2)C1.I. The van der Waals surface area contributed by atoms with E-state index in [1.165, 1.54) is 36.0 Å². The lowest BCUT2D eigenvalue weighted by atomic mass is 10.1. The Hall–Kier alpha value is -0.860. The molecule has 2 saturated heterocycles. The summed E-state index contributed by atoms with van der Waals surface area (Å²) in [5.74, 6) is 0.965. The predicted molar refractivity (Wildman–Crippen MR) is 114 cm³/mol. The fourth-order valence-corrected chi connectivity index (χ4v) is 4.24. The zero-order chi connectivity index (χ0) is 17.1. The van der Waals surface area contributed by atoms with E-state index in [4.69, 9.17) is 9.47 Å². The molecule has 0 bridgehead atoms. The first kappa shape index (κ1) is 19.9. The smallest absolute Gasteiger partial charge is 0.194 e. The van der Waals surface area contributed by atoms with Gasteiger partial charge < -0.3 is 19.7 Å². The molecule has 144 valence electrons. The summed E-state index contributed by atoms with van der Waals surface area (Å²) in [6.07, 6.45) is 6.43. The number of rotatable bonds is 3. The quantitative estimate of drug-likeness (QED) is 0.419. The third-order valence-electron chi connectivity index (χ3n) is 5.60. The largest absolute Gasteiger partial charge is 0.375 e. The fraction of sp³-hybridized carbons (Fsp3) is 0.650.